The number of hydrogen-bond acceptors (Lipinski definition) is 3. The van der Waals surface area contributed by atoms with Gasteiger partial charge in [0.2, 0.25) is 0 Å². The lowest BCUT2D eigenvalue weighted by atomic mass is 10.0. The normalized spacial score (nSPS) is 18.9. The molecule has 0 bridgehead atoms. The van der Waals surface area contributed by atoms with Crippen LogP contribution in [0, 0.1) is 0 Å². The van der Waals surface area contributed by atoms with E-state index in [1.807, 2.05) is 0 Å². The van der Waals surface area contributed by atoms with Gasteiger partial charge in [-0.2, -0.15) is 0 Å². The number of rotatable bonds is 6. The summed E-state index contributed by atoms with van der Waals surface area (Å²) in [6.07, 6.45) is 0.0399. The minimum atomic E-state index is -4.69. The topological polar surface area (TPSA) is 62.9 Å². The second kappa shape index (κ2) is 10.8. The van der Waals surface area contributed by atoms with Crippen molar-refractivity contribution in [2.75, 3.05) is 25.0 Å². The molecule has 0 aromatic heterocycles. The molecule has 0 saturated carbocycles. The molecule has 1 aromatic carbocycles. The Kier molecular flexibility index (Phi) is 9.48. The average molecular weight is 486 g/mol. The van der Waals surface area contributed by atoms with E-state index in [1.54, 1.807) is 0 Å². The number of nitrogens with one attached hydrogen (secondary N) is 1. The average Bonchev–Trinajstić information content (AvgIpc) is 2.54. The minimum Gasteiger partial charge on any atom is -0.406 e. The molecule has 26 heavy (non-hydrogen) atoms. The molecule has 0 amide bonds. The highest BCUT2D eigenvalue weighted by Gasteiger charge is 2.30. The van der Waals surface area contributed by atoms with Gasteiger partial charge in [-0.05, 0) is 57.0 Å². The first-order valence-corrected chi connectivity index (χ1v) is 8.50. The van der Waals surface area contributed by atoms with Crippen molar-refractivity contribution < 1.29 is 17.9 Å². The van der Waals surface area contributed by atoms with Crippen LogP contribution in [0.3, 0.4) is 0 Å². The number of guanidine groups is 1. The van der Waals surface area contributed by atoms with Gasteiger partial charge < -0.3 is 20.7 Å². The highest BCUT2D eigenvalue weighted by molar-refractivity contribution is 14.0. The second-order valence-electron chi connectivity index (χ2n) is 6.20. The number of benzene rings is 1. The summed E-state index contributed by atoms with van der Waals surface area (Å²) in [5, 5.41) is 2.86. The van der Waals surface area contributed by atoms with E-state index in [1.165, 1.54) is 43.5 Å². The number of likely N-dealkylation sites (tertiary alicyclic amines) is 1. The summed E-state index contributed by atoms with van der Waals surface area (Å²) in [7, 11) is 0. The summed E-state index contributed by atoms with van der Waals surface area (Å²) < 4.78 is 40.1. The first-order chi connectivity index (χ1) is 11.8. The maximum atomic E-state index is 12.1. The molecule has 5 nitrogen and oxygen atoms in total. The van der Waals surface area contributed by atoms with Gasteiger partial charge in [0.15, 0.2) is 5.96 Å². The van der Waals surface area contributed by atoms with Crippen molar-refractivity contribution in [1.82, 2.24) is 4.90 Å². The quantitative estimate of drug-likeness (QED) is 0.274. The van der Waals surface area contributed by atoms with Crippen molar-refractivity contribution >= 4 is 35.6 Å². The van der Waals surface area contributed by atoms with Gasteiger partial charge in [0, 0.05) is 24.8 Å². The molecule has 1 aliphatic heterocycles. The SMILES string of the molecule is CC1CCCCN1CCCN=C(N)Nc1ccc(OC(F)(F)F)cc1.I. The van der Waals surface area contributed by atoms with Crippen molar-refractivity contribution in [2.24, 2.45) is 10.7 Å². The first kappa shape index (κ1) is 22.8. The highest BCUT2D eigenvalue weighted by atomic mass is 127. The monoisotopic (exact) mass is 486 g/mol. The lowest BCUT2D eigenvalue weighted by molar-refractivity contribution is -0.274. The molecule has 1 fully saturated rings. The van der Waals surface area contributed by atoms with E-state index in [2.05, 4.69) is 26.9 Å². The van der Waals surface area contributed by atoms with Gasteiger partial charge in [0.25, 0.3) is 0 Å². The van der Waals surface area contributed by atoms with E-state index in [0.29, 0.717) is 18.3 Å². The van der Waals surface area contributed by atoms with Crippen LogP contribution >= 0.6 is 24.0 Å². The van der Waals surface area contributed by atoms with Crippen LogP contribution in [0.25, 0.3) is 0 Å². The van der Waals surface area contributed by atoms with Gasteiger partial charge in [0.05, 0.1) is 0 Å². The smallest absolute Gasteiger partial charge is 0.406 e. The molecular weight excluding hydrogens is 460 g/mol. The molecule has 1 aliphatic rings. The summed E-state index contributed by atoms with van der Waals surface area (Å²) in [4.78, 5) is 6.73. The Morgan fingerprint density at radius 2 is 2.00 bits per heavy atom. The van der Waals surface area contributed by atoms with Crippen LogP contribution in [0.2, 0.25) is 0 Å². The van der Waals surface area contributed by atoms with Crippen LogP contribution in [0.1, 0.15) is 32.6 Å². The number of nitrogens with zero attached hydrogens (tertiary/aromatic N) is 2. The van der Waals surface area contributed by atoms with Gasteiger partial charge in [-0.3, -0.25) is 4.99 Å². The van der Waals surface area contributed by atoms with Crippen LogP contribution in [0.15, 0.2) is 29.3 Å². The Morgan fingerprint density at radius 3 is 2.62 bits per heavy atom. The number of nitrogens with two attached hydrogens (primary N) is 1. The Labute approximate surface area is 169 Å². The summed E-state index contributed by atoms with van der Waals surface area (Å²) in [6.45, 7) is 5.01. The maximum Gasteiger partial charge on any atom is 0.573 e. The predicted octanol–water partition coefficient (Wildman–Crippen LogP) is 4.19. The molecule has 3 N–H and O–H groups in total. The van der Waals surface area contributed by atoms with E-state index in [-0.39, 0.29) is 35.7 Å². The van der Waals surface area contributed by atoms with Gasteiger partial charge in [-0.15, -0.1) is 37.1 Å². The zero-order chi connectivity index (χ0) is 18.3. The number of anilines is 1. The number of halogens is 4. The van der Waals surface area contributed by atoms with Crippen molar-refractivity contribution in [1.29, 1.82) is 0 Å². The van der Waals surface area contributed by atoms with E-state index >= 15 is 0 Å². The fourth-order valence-electron chi connectivity index (χ4n) is 2.89. The lowest BCUT2D eigenvalue weighted by Crippen LogP contribution is -2.38. The number of aliphatic imine (C=N–C) groups is 1. The third kappa shape index (κ3) is 8.43. The van der Waals surface area contributed by atoms with Crippen molar-refractivity contribution in [3.63, 3.8) is 0 Å². The zero-order valence-corrected chi connectivity index (χ0v) is 17.1. The number of ether oxygens (including phenoxy) is 1. The van der Waals surface area contributed by atoms with Crippen LogP contribution in [0.5, 0.6) is 5.75 Å². The fraction of sp³-hybridized carbons (Fsp3) is 0.588. The molecule has 148 valence electrons. The van der Waals surface area contributed by atoms with E-state index < -0.39 is 6.36 Å². The number of hydrogen-bond donors (Lipinski definition) is 2. The zero-order valence-electron chi connectivity index (χ0n) is 14.8. The second-order valence-corrected chi connectivity index (χ2v) is 6.20. The third-order valence-corrected chi connectivity index (χ3v) is 4.19. The molecule has 0 aliphatic carbocycles. The van der Waals surface area contributed by atoms with Gasteiger partial charge >= 0.3 is 6.36 Å². The largest absolute Gasteiger partial charge is 0.573 e. The molecule has 9 heteroatoms. The predicted molar refractivity (Wildman–Crippen MR) is 108 cm³/mol. The summed E-state index contributed by atoms with van der Waals surface area (Å²) in [6, 6.07) is 5.99. The molecule has 0 spiro atoms. The van der Waals surface area contributed by atoms with E-state index in [4.69, 9.17) is 5.73 Å². The van der Waals surface area contributed by atoms with Crippen LogP contribution < -0.4 is 15.8 Å². The Hall–Kier alpha value is -1.23. The van der Waals surface area contributed by atoms with E-state index in [9.17, 15) is 13.2 Å². The summed E-state index contributed by atoms with van der Waals surface area (Å²) >= 11 is 0. The molecule has 1 atom stereocenters. The molecule has 1 heterocycles. The summed E-state index contributed by atoms with van der Waals surface area (Å²) in [5.41, 5.74) is 6.36. The van der Waals surface area contributed by atoms with Crippen LogP contribution in [-0.2, 0) is 0 Å². The van der Waals surface area contributed by atoms with E-state index in [0.717, 1.165) is 19.5 Å². The highest BCUT2D eigenvalue weighted by Crippen LogP contribution is 2.23. The van der Waals surface area contributed by atoms with Crippen molar-refractivity contribution in [2.45, 2.75) is 45.0 Å². The van der Waals surface area contributed by atoms with Crippen LogP contribution in [0.4, 0.5) is 18.9 Å². The fourth-order valence-corrected chi connectivity index (χ4v) is 2.89. The molecule has 1 unspecified atom stereocenters. The van der Waals surface area contributed by atoms with Gasteiger partial charge in [-0.1, -0.05) is 6.42 Å². The van der Waals surface area contributed by atoms with Crippen molar-refractivity contribution in [3.05, 3.63) is 24.3 Å². The number of alkyl halides is 3. The Bertz CT molecular complexity index is 566. The third-order valence-electron chi connectivity index (χ3n) is 4.19. The van der Waals surface area contributed by atoms with Crippen LogP contribution in [-0.4, -0.2) is 42.9 Å². The van der Waals surface area contributed by atoms with Gasteiger partial charge in [0.1, 0.15) is 5.75 Å². The molecule has 0 radical (unpaired) electrons. The number of piperidine rings is 1. The summed E-state index contributed by atoms with van der Waals surface area (Å²) in [5.74, 6) is -0.0274. The standard InChI is InChI=1S/C17H25F3N4O.HI/c1-13-5-2-3-11-24(13)12-4-10-22-16(21)23-14-6-8-15(9-7-14)25-17(18,19)20;/h6-9,13H,2-5,10-12H2,1H3,(H3,21,22,23);1H. The van der Waals surface area contributed by atoms with Crippen molar-refractivity contribution in [3.8, 4) is 5.75 Å². The molecular formula is C17H26F3IN4O. The molecule has 1 aromatic rings. The Morgan fingerprint density at radius 1 is 1.31 bits per heavy atom. The maximum absolute atomic E-state index is 12.1. The van der Waals surface area contributed by atoms with Gasteiger partial charge in [-0.25, -0.2) is 0 Å². The molecule has 1 saturated heterocycles. The minimum absolute atomic E-state index is 0. The molecule has 2 rings (SSSR count). The first-order valence-electron chi connectivity index (χ1n) is 8.50. The lowest BCUT2D eigenvalue weighted by Gasteiger charge is -2.33. The Balaban J connectivity index is 0.00000338.